The standard InChI is InChI=1S/C20H19Br2NO4/c1-2-4-18(24)23-15-6-3-5-14(9-15)12-27-20-16(21)10-13(11-17(20)22)7-8-19(25)26/h2-6,9-11H,7-8,12H2,1H3,(H,23,24)(H,25,26). The van der Waals surface area contributed by atoms with E-state index in [9.17, 15) is 9.59 Å². The van der Waals surface area contributed by atoms with Crippen molar-refractivity contribution in [2.75, 3.05) is 5.32 Å². The van der Waals surface area contributed by atoms with Crippen molar-refractivity contribution < 1.29 is 19.4 Å². The highest BCUT2D eigenvalue weighted by molar-refractivity contribution is 9.11. The summed E-state index contributed by atoms with van der Waals surface area (Å²) in [4.78, 5) is 22.4. The first-order valence-corrected chi connectivity index (χ1v) is 9.82. The molecule has 7 heteroatoms. The number of halogens is 2. The van der Waals surface area contributed by atoms with Gasteiger partial charge in [0, 0.05) is 12.1 Å². The van der Waals surface area contributed by atoms with E-state index in [0.717, 1.165) is 20.1 Å². The number of hydrogen-bond acceptors (Lipinski definition) is 3. The van der Waals surface area contributed by atoms with Crippen molar-refractivity contribution in [2.24, 2.45) is 0 Å². The van der Waals surface area contributed by atoms with E-state index in [4.69, 9.17) is 9.84 Å². The van der Waals surface area contributed by atoms with Crippen LogP contribution >= 0.6 is 31.9 Å². The fraction of sp³-hybridized carbons (Fsp3) is 0.200. The fourth-order valence-electron chi connectivity index (χ4n) is 2.38. The molecule has 5 nitrogen and oxygen atoms in total. The molecule has 0 fully saturated rings. The van der Waals surface area contributed by atoms with Crippen molar-refractivity contribution in [2.45, 2.75) is 26.4 Å². The predicted molar refractivity (Wildman–Crippen MR) is 112 cm³/mol. The molecule has 0 aliphatic heterocycles. The SMILES string of the molecule is CC=CC(=O)Nc1cccc(COc2c(Br)cc(CCC(=O)O)cc2Br)c1. The summed E-state index contributed by atoms with van der Waals surface area (Å²) in [6.07, 6.45) is 3.66. The van der Waals surface area contributed by atoms with Gasteiger partial charge in [-0.1, -0.05) is 18.2 Å². The number of rotatable bonds is 8. The maximum atomic E-state index is 11.6. The normalized spacial score (nSPS) is 10.8. The number of aliphatic carboxylic acids is 1. The molecule has 0 radical (unpaired) electrons. The first-order valence-electron chi connectivity index (χ1n) is 8.24. The van der Waals surface area contributed by atoms with Gasteiger partial charge in [0.2, 0.25) is 5.91 Å². The van der Waals surface area contributed by atoms with Crippen LogP contribution < -0.4 is 10.1 Å². The van der Waals surface area contributed by atoms with Gasteiger partial charge in [0.25, 0.3) is 0 Å². The fourth-order valence-corrected chi connectivity index (χ4v) is 3.89. The van der Waals surface area contributed by atoms with Crippen molar-refractivity contribution >= 4 is 49.4 Å². The number of benzene rings is 2. The third-order valence-electron chi connectivity index (χ3n) is 3.58. The molecular weight excluding hydrogens is 478 g/mol. The minimum Gasteiger partial charge on any atom is -0.487 e. The van der Waals surface area contributed by atoms with Crippen LogP contribution in [0.5, 0.6) is 5.75 Å². The van der Waals surface area contributed by atoms with Crippen LogP contribution in [0.4, 0.5) is 5.69 Å². The van der Waals surface area contributed by atoms with E-state index in [-0.39, 0.29) is 12.3 Å². The number of ether oxygens (including phenoxy) is 1. The van der Waals surface area contributed by atoms with E-state index in [0.29, 0.717) is 24.5 Å². The van der Waals surface area contributed by atoms with Gasteiger partial charge in [-0.15, -0.1) is 0 Å². The van der Waals surface area contributed by atoms with E-state index < -0.39 is 5.97 Å². The van der Waals surface area contributed by atoms with Crippen LogP contribution in [0.3, 0.4) is 0 Å². The van der Waals surface area contributed by atoms with E-state index in [2.05, 4.69) is 37.2 Å². The molecule has 0 bridgehead atoms. The van der Waals surface area contributed by atoms with Crippen LogP contribution in [0, 0.1) is 0 Å². The molecule has 0 saturated heterocycles. The van der Waals surface area contributed by atoms with Crippen LogP contribution in [-0.4, -0.2) is 17.0 Å². The number of anilines is 1. The Kier molecular flexibility index (Phi) is 8.06. The minimum absolute atomic E-state index is 0.0742. The summed E-state index contributed by atoms with van der Waals surface area (Å²) in [6, 6.07) is 11.1. The molecule has 0 heterocycles. The van der Waals surface area contributed by atoms with Gasteiger partial charge in [-0.3, -0.25) is 9.59 Å². The Labute approximate surface area is 174 Å². The molecule has 2 aromatic carbocycles. The molecule has 0 unspecified atom stereocenters. The predicted octanol–water partition coefficient (Wildman–Crippen LogP) is 5.32. The van der Waals surface area contributed by atoms with Crippen molar-refractivity contribution in [3.8, 4) is 5.75 Å². The third-order valence-corrected chi connectivity index (χ3v) is 4.76. The Morgan fingerprint density at radius 3 is 2.48 bits per heavy atom. The van der Waals surface area contributed by atoms with Gasteiger partial charge in [-0.25, -0.2) is 0 Å². The number of carbonyl (C=O) groups is 2. The maximum Gasteiger partial charge on any atom is 0.303 e. The zero-order chi connectivity index (χ0) is 19.8. The molecule has 2 rings (SSSR count). The molecule has 2 N–H and O–H groups in total. The van der Waals surface area contributed by atoms with Crippen LogP contribution in [0.2, 0.25) is 0 Å². The van der Waals surface area contributed by atoms with Gasteiger partial charge in [0.1, 0.15) is 12.4 Å². The molecule has 0 spiro atoms. The second-order valence-corrected chi connectivity index (χ2v) is 7.47. The smallest absolute Gasteiger partial charge is 0.303 e. The lowest BCUT2D eigenvalue weighted by molar-refractivity contribution is -0.137. The molecule has 1 amide bonds. The Hall–Kier alpha value is -2.12. The third kappa shape index (κ3) is 6.84. The van der Waals surface area contributed by atoms with Crippen molar-refractivity contribution in [1.29, 1.82) is 0 Å². The summed E-state index contributed by atoms with van der Waals surface area (Å²) in [5.41, 5.74) is 2.50. The average molecular weight is 497 g/mol. The number of allylic oxidation sites excluding steroid dienone is 1. The molecule has 2 aromatic rings. The van der Waals surface area contributed by atoms with Gasteiger partial charge in [-0.05, 0) is 86.7 Å². The lowest BCUT2D eigenvalue weighted by Gasteiger charge is -2.13. The van der Waals surface area contributed by atoms with Gasteiger partial charge >= 0.3 is 5.97 Å². The quantitative estimate of drug-likeness (QED) is 0.485. The van der Waals surface area contributed by atoms with Crippen molar-refractivity contribution in [1.82, 2.24) is 0 Å². The molecule has 0 saturated carbocycles. The highest BCUT2D eigenvalue weighted by Crippen LogP contribution is 2.35. The van der Waals surface area contributed by atoms with Gasteiger partial charge < -0.3 is 15.2 Å². The van der Waals surface area contributed by atoms with Gasteiger partial charge in [-0.2, -0.15) is 0 Å². The zero-order valence-electron chi connectivity index (χ0n) is 14.7. The number of carboxylic acids is 1. The van der Waals surface area contributed by atoms with Gasteiger partial charge in [0.15, 0.2) is 0 Å². The second-order valence-electron chi connectivity index (χ2n) is 5.76. The highest BCUT2D eigenvalue weighted by Gasteiger charge is 2.11. The molecular formula is C20H19Br2NO4. The van der Waals surface area contributed by atoms with E-state index in [1.54, 1.807) is 13.0 Å². The Bertz CT molecular complexity index is 842. The summed E-state index contributed by atoms with van der Waals surface area (Å²) in [5.74, 6) is -0.376. The van der Waals surface area contributed by atoms with Crippen LogP contribution in [0.15, 0.2) is 57.5 Å². The topological polar surface area (TPSA) is 75.6 Å². The summed E-state index contributed by atoms with van der Waals surface area (Å²) in [5, 5.41) is 11.6. The van der Waals surface area contributed by atoms with Crippen LogP contribution in [-0.2, 0) is 22.6 Å². The lowest BCUT2D eigenvalue weighted by Crippen LogP contribution is -2.08. The molecule has 0 aromatic heterocycles. The minimum atomic E-state index is -0.830. The number of nitrogens with one attached hydrogen (secondary N) is 1. The average Bonchev–Trinajstić information content (AvgIpc) is 2.59. The maximum absolute atomic E-state index is 11.6. The summed E-state index contributed by atoms with van der Waals surface area (Å²) in [7, 11) is 0. The summed E-state index contributed by atoms with van der Waals surface area (Å²) in [6.45, 7) is 2.10. The van der Waals surface area contributed by atoms with E-state index in [1.165, 1.54) is 6.08 Å². The first-order chi connectivity index (χ1) is 12.9. The molecule has 0 aliphatic carbocycles. The molecule has 0 aliphatic rings. The molecule has 142 valence electrons. The zero-order valence-corrected chi connectivity index (χ0v) is 17.8. The first kappa shape index (κ1) is 21.2. The number of carbonyl (C=O) groups excluding carboxylic acids is 1. The Morgan fingerprint density at radius 1 is 1.15 bits per heavy atom. The molecule has 27 heavy (non-hydrogen) atoms. The number of hydrogen-bond donors (Lipinski definition) is 2. The lowest BCUT2D eigenvalue weighted by atomic mass is 10.1. The van der Waals surface area contributed by atoms with Crippen molar-refractivity contribution in [3.05, 3.63) is 68.6 Å². The monoisotopic (exact) mass is 495 g/mol. The second kappa shape index (κ2) is 10.3. The Morgan fingerprint density at radius 2 is 1.85 bits per heavy atom. The largest absolute Gasteiger partial charge is 0.487 e. The van der Waals surface area contributed by atoms with Gasteiger partial charge in [0.05, 0.1) is 8.95 Å². The summed E-state index contributed by atoms with van der Waals surface area (Å²) >= 11 is 6.95. The van der Waals surface area contributed by atoms with E-state index in [1.807, 2.05) is 36.4 Å². The van der Waals surface area contributed by atoms with Crippen molar-refractivity contribution in [3.63, 3.8) is 0 Å². The van der Waals surface area contributed by atoms with E-state index >= 15 is 0 Å². The Balaban J connectivity index is 2.06. The number of aryl methyl sites for hydroxylation is 1. The van der Waals surface area contributed by atoms with Crippen LogP contribution in [0.1, 0.15) is 24.5 Å². The van der Waals surface area contributed by atoms with Crippen LogP contribution in [0.25, 0.3) is 0 Å². The number of amides is 1. The number of carboxylic acid groups (broad SMARTS) is 1. The summed E-state index contributed by atoms with van der Waals surface area (Å²) < 4.78 is 7.40. The molecule has 0 atom stereocenters. The highest BCUT2D eigenvalue weighted by atomic mass is 79.9.